The van der Waals surface area contributed by atoms with Crippen molar-refractivity contribution in [3.05, 3.63) is 0 Å². The molecule has 9 heteroatoms. The largest absolute Gasteiger partial charge is 0.338 e. The maximum absolute atomic E-state index is 4.99. The van der Waals surface area contributed by atoms with Crippen molar-refractivity contribution in [2.45, 2.75) is 60.5 Å². The van der Waals surface area contributed by atoms with Crippen LogP contribution in [0.15, 0.2) is 15.0 Å². The van der Waals surface area contributed by atoms with E-state index in [0.717, 1.165) is 91.0 Å². The molecular weight excluding hydrogens is 438 g/mol. The monoisotopic (exact) mass is 493 g/mol. The zero-order valence-electron chi connectivity index (χ0n) is 24.1. The van der Waals surface area contributed by atoms with Gasteiger partial charge < -0.3 is 20.0 Å². The Hall–Kier alpha value is -1.55. The second-order valence-electron chi connectivity index (χ2n) is 9.52. The van der Waals surface area contributed by atoms with Crippen LogP contribution in [-0.4, -0.2) is 147 Å². The fourth-order valence-corrected chi connectivity index (χ4v) is 4.37. The Morgan fingerprint density at radius 1 is 0.829 bits per heavy atom. The van der Waals surface area contributed by atoms with Crippen LogP contribution in [0.2, 0.25) is 0 Å². The number of guanidine groups is 2. The van der Waals surface area contributed by atoms with Crippen LogP contribution >= 0.6 is 0 Å². The Labute approximate surface area is 216 Å². The number of rotatable bonds is 9. The number of nitrogens with zero attached hydrogens (tertiary/aromatic N) is 8. The molecule has 0 spiro atoms. The topological polar surface area (TPSA) is 65.3 Å². The van der Waals surface area contributed by atoms with E-state index in [1.54, 1.807) is 0 Å². The minimum absolute atomic E-state index is 0.572. The highest BCUT2D eigenvalue weighted by Crippen LogP contribution is 2.11. The van der Waals surface area contributed by atoms with Crippen LogP contribution in [0, 0.1) is 0 Å². The molecule has 0 unspecified atom stereocenters. The lowest BCUT2D eigenvalue weighted by atomic mass is 10.2. The second-order valence-corrected chi connectivity index (χ2v) is 9.52. The molecule has 0 radical (unpaired) electrons. The molecule has 2 rings (SSSR count). The summed E-state index contributed by atoms with van der Waals surface area (Å²) in [5.41, 5.74) is 0. The van der Waals surface area contributed by atoms with Crippen LogP contribution in [0.5, 0.6) is 0 Å². The standard InChI is InChI=1S/C24H49N9.C2H6/c1-8-29(11-9-25-6)12-10-27-24(33-19-15-31(16-20-33)22(4)5)28-23(26-7)32-17-13-30(14-18-32)21(2)3;1-2/h21-22,25H,7-20H2,1-6H3;1-2H3/b27-24?,28-23+;. The molecule has 204 valence electrons. The smallest absolute Gasteiger partial charge is 0.228 e. The van der Waals surface area contributed by atoms with Gasteiger partial charge in [0.1, 0.15) is 0 Å². The van der Waals surface area contributed by atoms with E-state index in [1.807, 2.05) is 20.9 Å². The summed E-state index contributed by atoms with van der Waals surface area (Å²) < 4.78 is 0. The van der Waals surface area contributed by atoms with E-state index in [0.29, 0.717) is 18.0 Å². The Kier molecular flexibility index (Phi) is 16.0. The number of likely N-dealkylation sites (N-methyl/N-ethyl adjacent to an activating group) is 2. The summed E-state index contributed by atoms with van der Waals surface area (Å²) in [5.74, 6) is 1.53. The first-order valence-electron chi connectivity index (χ1n) is 13.8. The molecular formula is C26H55N9. The maximum Gasteiger partial charge on any atom is 0.228 e. The average Bonchev–Trinajstić information content (AvgIpc) is 2.89. The van der Waals surface area contributed by atoms with Crippen molar-refractivity contribution in [1.29, 1.82) is 0 Å². The summed E-state index contributed by atoms with van der Waals surface area (Å²) in [5, 5.41) is 3.24. The van der Waals surface area contributed by atoms with E-state index in [1.165, 1.54) is 0 Å². The van der Waals surface area contributed by atoms with Crippen molar-refractivity contribution in [3.8, 4) is 0 Å². The van der Waals surface area contributed by atoms with Gasteiger partial charge in [-0.3, -0.25) is 9.80 Å². The summed E-state index contributed by atoms with van der Waals surface area (Å²) in [7, 11) is 2.00. The molecule has 0 bridgehead atoms. The van der Waals surface area contributed by atoms with Gasteiger partial charge in [0.15, 0.2) is 0 Å². The van der Waals surface area contributed by atoms with Crippen LogP contribution in [0.25, 0.3) is 0 Å². The summed E-state index contributed by atoms with van der Waals surface area (Å²) in [4.78, 5) is 26.3. The lowest BCUT2D eigenvalue weighted by Gasteiger charge is -2.39. The number of aliphatic imine (C=N–C) groups is 3. The molecule has 0 aromatic carbocycles. The van der Waals surface area contributed by atoms with Gasteiger partial charge in [-0.2, -0.15) is 4.99 Å². The van der Waals surface area contributed by atoms with Gasteiger partial charge in [0.2, 0.25) is 11.9 Å². The van der Waals surface area contributed by atoms with Crippen molar-refractivity contribution in [2.75, 3.05) is 92.1 Å². The molecule has 35 heavy (non-hydrogen) atoms. The van der Waals surface area contributed by atoms with Crippen molar-refractivity contribution >= 4 is 18.6 Å². The lowest BCUT2D eigenvalue weighted by Crippen LogP contribution is -2.52. The second kappa shape index (κ2) is 17.8. The van der Waals surface area contributed by atoms with Crippen LogP contribution in [0.4, 0.5) is 0 Å². The first-order chi connectivity index (χ1) is 16.9. The van der Waals surface area contributed by atoms with E-state index >= 15 is 0 Å². The zero-order chi connectivity index (χ0) is 26.2. The highest BCUT2D eigenvalue weighted by molar-refractivity contribution is 5.96. The highest BCUT2D eigenvalue weighted by Gasteiger charge is 2.24. The van der Waals surface area contributed by atoms with Gasteiger partial charge in [0.05, 0.1) is 6.54 Å². The van der Waals surface area contributed by atoms with Gasteiger partial charge in [-0.15, -0.1) is 0 Å². The summed E-state index contributed by atoms with van der Waals surface area (Å²) in [6.45, 7) is 31.7. The van der Waals surface area contributed by atoms with E-state index < -0.39 is 0 Å². The summed E-state index contributed by atoms with van der Waals surface area (Å²) in [6, 6.07) is 1.15. The van der Waals surface area contributed by atoms with Crippen molar-refractivity contribution < 1.29 is 0 Å². The molecule has 0 aromatic heterocycles. The number of hydrogen-bond donors (Lipinski definition) is 1. The molecule has 9 nitrogen and oxygen atoms in total. The van der Waals surface area contributed by atoms with E-state index in [4.69, 9.17) is 9.98 Å². The third-order valence-corrected chi connectivity index (χ3v) is 6.79. The molecule has 0 saturated carbocycles. The Bertz CT molecular complexity index is 616. The van der Waals surface area contributed by atoms with Crippen LogP contribution in [0.3, 0.4) is 0 Å². The van der Waals surface area contributed by atoms with Crippen molar-refractivity contribution in [1.82, 2.24) is 29.8 Å². The molecule has 2 heterocycles. The van der Waals surface area contributed by atoms with Crippen molar-refractivity contribution in [2.24, 2.45) is 15.0 Å². The highest BCUT2D eigenvalue weighted by atomic mass is 15.4. The fourth-order valence-electron chi connectivity index (χ4n) is 4.37. The SMILES string of the molecule is C=N/C(=N\C(=NCCN(CC)CCNC)N1CCN(C(C)C)CC1)N1CCN(C(C)C)CC1.CC. The molecule has 2 saturated heterocycles. The predicted molar refractivity (Wildman–Crippen MR) is 153 cm³/mol. The predicted octanol–water partition coefficient (Wildman–Crippen LogP) is 2.02. The number of hydrogen-bond acceptors (Lipinski definition) is 5. The van der Waals surface area contributed by atoms with Crippen LogP contribution in [0.1, 0.15) is 48.5 Å². The third-order valence-electron chi connectivity index (χ3n) is 6.79. The molecule has 0 atom stereocenters. The summed E-state index contributed by atoms with van der Waals surface area (Å²) in [6.07, 6.45) is 0. The molecule has 2 aliphatic rings. The molecule has 0 aliphatic carbocycles. The summed E-state index contributed by atoms with van der Waals surface area (Å²) >= 11 is 0. The Morgan fingerprint density at radius 3 is 1.71 bits per heavy atom. The third kappa shape index (κ3) is 10.9. The zero-order valence-corrected chi connectivity index (χ0v) is 24.1. The number of nitrogens with one attached hydrogen (secondary N) is 1. The molecule has 2 aliphatic heterocycles. The van der Waals surface area contributed by atoms with E-state index in [-0.39, 0.29) is 0 Å². The molecule has 0 amide bonds. The first-order valence-corrected chi connectivity index (χ1v) is 13.8. The van der Waals surface area contributed by atoms with Gasteiger partial charge in [-0.05, 0) is 48.0 Å². The van der Waals surface area contributed by atoms with Crippen LogP contribution in [-0.2, 0) is 0 Å². The Morgan fingerprint density at radius 2 is 1.31 bits per heavy atom. The normalized spacial score (nSPS) is 18.9. The minimum Gasteiger partial charge on any atom is -0.338 e. The molecule has 0 aromatic rings. The molecule has 1 N–H and O–H groups in total. The van der Waals surface area contributed by atoms with Crippen LogP contribution < -0.4 is 5.32 Å². The first kappa shape index (κ1) is 31.5. The van der Waals surface area contributed by atoms with E-state index in [2.05, 4.69) is 76.1 Å². The Balaban J connectivity index is 0.00000298. The average molecular weight is 494 g/mol. The maximum atomic E-state index is 4.99. The lowest BCUT2D eigenvalue weighted by molar-refractivity contribution is 0.145. The van der Waals surface area contributed by atoms with E-state index in [9.17, 15) is 0 Å². The van der Waals surface area contributed by atoms with Gasteiger partial charge in [-0.25, -0.2) is 9.98 Å². The molecule has 2 fully saturated rings. The fraction of sp³-hybridized carbons (Fsp3) is 0.885. The minimum atomic E-state index is 0.572. The quantitative estimate of drug-likeness (QED) is 0.392. The van der Waals surface area contributed by atoms with Gasteiger partial charge in [0, 0.05) is 84.1 Å². The van der Waals surface area contributed by atoms with Gasteiger partial charge in [0.25, 0.3) is 0 Å². The van der Waals surface area contributed by atoms with Crippen molar-refractivity contribution in [3.63, 3.8) is 0 Å². The van der Waals surface area contributed by atoms with Gasteiger partial charge >= 0.3 is 0 Å². The number of piperazine rings is 2. The van der Waals surface area contributed by atoms with Gasteiger partial charge in [-0.1, -0.05) is 20.8 Å².